The van der Waals surface area contributed by atoms with E-state index in [1.807, 2.05) is 6.92 Å². The molecule has 28 heavy (non-hydrogen) atoms. The summed E-state index contributed by atoms with van der Waals surface area (Å²) < 4.78 is 16.1. The number of amides is 2. The molecule has 1 aliphatic rings. The van der Waals surface area contributed by atoms with Crippen molar-refractivity contribution in [1.82, 2.24) is 0 Å². The van der Waals surface area contributed by atoms with E-state index in [9.17, 15) is 9.59 Å². The highest BCUT2D eigenvalue weighted by Gasteiger charge is 2.31. The molecule has 0 aliphatic carbocycles. The summed E-state index contributed by atoms with van der Waals surface area (Å²) >= 11 is 0. The maximum atomic E-state index is 12.7. The van der Waals surface area contributed by atoms with Crippen molar-refractivity contribution in [1.29, 1.82) is 0 Å². The fourth-order valence-corrected chi connectivity index (χ4v) is 3.08. The Morgan fingerprint density at radius 1 is 1.14 bits per heavy atom. The number of carbonyl (C=O) groups is 2. The molecule has 7 nitrogen and oxygen atoms in total. The third-order valence-electron chi connectivity index (χ3n) is 4.49. The number of rotatable bonds is 6. The van der Waals surface area contributed by atoms with Crippen LogP contribution in [0.15, 0.2) is 36.4 Å². The van der Waals surface area contributed by atoms with Crippen LogP contribution < -0.4 is 24.4 Å². The fraction of sp³-hybridized carbons (Fsp3) is 0.333. The Morgan fingerprint density at radius 3 is 2.43 bits per heavy atom. The van der Waals surface area contributed by atoms with Gasteiger partial charge in [0.25, 0.3) is 11.8 Å². The van der Waals surface area contributed by atoms with E-state index < -0.39 is 6.10 Å². The number of benzene rings is 2. The summed E-state index contributed by atoms with van der Waals surface area (Å²) in [6.45, 7) is 4.33. The first-order valence-corrected chi connectivity index (χ1v) is 9.13. The summed E-state index contributed by atoms with van der Waals surface area (Å²) in [5.74, 6) is 1.28. The van der Waals surface area contributed by atoms with E-state index in [2.05, 4.69) is 5.32 Å². The summed E-state index contributed by atoms with van der Waals surface area (Å²) in [5, 5.41) is 2.86. The number of hydrogen-bond donors (Lipinski definition) is 1. The van der Waals surface area contributed by atoms with E-state index in [1.54, 1.807) is 48.2 Å². The highest BCUT2D eigenvalue weighted by Crippen LogP contribution is 2.36. The average molecular weight is 384 g/mol. The van der Waals surface area contributed by atoms with Crippen LogP contribution in [0.2, 0.25) is 0 Å². The van der Waals surface area contributed by atoms with Gasteiger partial charge in [0, 0.05) is 23.9 Å². The second-order valence-corrected chi connectivity index (χ2v) is 6.49. The molecule has 1 aliphatic heterocycles. The number of methoxy groups -OCH3 is 2. The van der Waals surface area contributed by atoms with Crippen LogP contribution in [0.25, 0.3) is 0 Å². The second kappa shape index (κ2) is 8.21. The van der Waals surface area contributed by atoms with Crippen molar-refractivity contribution in [2.24, 2.45) is 0 Å². The molecule has 7 heteroatoms. The Morgan fingerprint density at radius 2 is 1.82 bits per heavy atom. The summed E-state index contributed by atoms with van der Waals surface area (Å²) in [7, 11) is 3.06. The summed E-state index contributed by atoms with van der Waals surface area (Å²) in [4.78, 5) is 26.9. The van der Waals surface area contributed by atoms with E-state index in [0.717, 1.165) is 6.42 Å². The largest absolute Gasteiger partial charge is 0.497 e. The van der Waals surface area contributed by atoms with Crippen molar-refractivity contribution in [3.63, 3.8) is 0 Å². The van der Waals surface area contributed by atoms with Crippen LogP contribution in [0.4, 0.5) is 11.4 Å². The SMILES string of the molecule is CCCN1C(=O)C(C)Oc2ccc(NC(=O)c3cc(OC)cc(OC)c3)cc21. The van der Waals surface area contributed by atoms with E-state index in [4.69, 9.17) is 14.2 Å². The van der Waals surface area contributed by atoms with E-state index >= 15 is 0 Å². The molecule has 2 aromatic carbocycles. The fourth-order valence-electron chi connectivity index (χ4n) is 3.08. The summed E-state index contributed by atoms with van der Waals surface area (Å²) in [5.41, 5.74) is 1.63. The molecule has 2 amide bonds. The summed E-state index contributed by atoms with van der Waals surface area (Å²) in [6, 6.07) is 10.2. The molecule has 1 heterocycles. The number of ether oxygens (including phenoxy) is 3. The number of nitrogens with zero attached hydrogens (tertiary/aromatic N) is 1. The molecule has 1 unspecified atom stereocenters. The van der Waals surface area contributed by atoms with Gasteiger partial charge in [-0.15, -0.1) is 0 Å². The third-order valence-corrected chi connectivity index (χ3v) is 4.49. The Kier molecular flexibility index (Phi) is 5.73. The summed E-state index contributed by atoms with van der Waals surface area (Å²) in [6.07, 6.45) is 0.293. The quantitative estimate of drug-likeness (QED) is 0.825. The topological polar surface area (TPSA) is 77.1 Å². The van der Waals surface area contributed by atoms with E-state index in [-0.39, 0.29) is 11.8 Å². The molecule has 2 aromatic rings. The predicted molar refractivity (Wildman–Crippen MR) is 107 cm³/mol. The molecule has 1 atom stereocenters. The normalized spacial score (nSPS) is 15.5. The van der Waals surface area contributed by atoms with Gasteiger partial charge in [0.15, 0.2) is 6.10 Å². The maximum Gasteiger partial charge on any atom is 0.267 e. The van der Waals surface area contributed by atoms with E-state index in [1.165, 1.54) is 14.2 Å². The van der Waals surface area contributed by atoms with Crippen molar-refractivity contribution in [3.05, 3.63) is 42.0 Å². The molecule has 0 bridgehead atoms. The van der Waals surface area contributed by atoms with E-state index in [0.29, 0.717) is 40.7 Å². The van der Waals surface area contributed by atoms with Gasteiger partial charge in [-0.05, 0) is 43.7 Å². The molecular formula is C21H24N2O5. The number of hydrogen-bond acceptors (Lipinski definition) is 5. The predicted octanol–water partition coefficient (Wildman–Crippen LogP) is 3.48. The average Bonchev–Trinajstić information content (AvgIpc) is 2.71. The number of nitrogens with one attached hydrogen (secondary N) is 1. The highest BCUT2D eigenvalue weighted by atomic mass is 16.5. The first-order valence-electron chi connectivity index (χ1n) is 9.13. The minimum atomic E-state index is -0.524. The minimum Gasteiger partial charge on any atom is -0.497 e. The maximum absolute atomic E-state index is 12.7. The first-order chi connectivity index (χ1) is 13.5. The third kappa shape index (κ3) is 3.88. The molecule has 1 N–H and O–H groups in total. The Labute approximate surface area is 164 Å². The van der Waals surface area contributed by atoms with Crippen LogP contribution in [-0.4, -0.2) is 38.7 Å². The number of fused-ring (bicyclic) bond motifs is 1. The lowest BCUT2D eigenvalue weighted by molar-refractivity contribution is -0.125. The molecule has 3 rings (SSSR count). The van der Waals surface area contributed by atoms with Crippen molar-refractivity contribution in [3.8, 4) is 17.2 Å². The van der Waals surface area contributed by atoms with Gasteiger partial charge in [0.05, 0.1) is 19.9 Å². The van der Waals surface area contributed by atoms with Crippen molar-refractivity contribution in [2.75, 3.05) is 31.0 Å². The van der Waals surface area contributed by atoms with Gasteiger partial charge in [0.2, 0.25) is 0 Å². The Balaban J connectivity index is 1.88. The van der Waals surface area contributed by atoms with Gasteiger partial charge in [0.1, 0.15) is 17.2 Å². The van der Waals surface area contributed by atoms with Gasteiger partial charge >= 0.3 is 0 Å². The minimum absolute atomic E-state index is 0.0876. The molecule has 0 spiro atoms. The molecule has 0 fully saturated rings. The van der Waals surface area contributed by atoms with Crippen LogP contribution in [-0.2, 0) is 4.79 Å². The Hall–Kier alpha value is -3.22. The molecule has 0 aromatic heterocycles. The van der Waals surface area contributed by atoms with Crippen LogP contribution in [0, 0.1) is 0 Å². The second-order valence-electron chi connectivity index (χ2n) is 6.49. The van der Waals surface area contributed by atoms with Gasteiger partial charge in [-0.3, -0.25) is 9.59 Å². The van der Waals surface area contributed by atoms with Gasteiger partial charge in [-0.1, -0.05) is 6.92 Å². The number of anilines is 2. The molecule has 0 radical (unpaired) electrons. The van der Waals surface area contributed by atoms with Crippen molar-refractivity contribution < 1.29 is 23.8 Å². The van der Waals surface area contributed by atoms with Crippen LogP contribution >= 0.6 is 0 Å². The zero-order valence-corrected chi connectivity index (χ0v) is 16.4. The number of carbonyl (C=O) groups excluding carboxylic acids is 2. The lowest BCUT2D eigenvalue weighted by Crippen LogP contribution is -2.44. The lowest BCUT2D eigenvalue weighted by atomic mass is 10.1. The smallest absolute Gasteiger partial charge is 0.267 e. The van der Waals surface area contributed by atoms with Gasteiger partial charge in [-0.2, -0.15) is 0 Å². The monoisotopic (exact) mass is 384 g/mol. The molecular weight excluding hydrogens is 360 g/mol. The highest BCUT2D eigenvalue weighted by molar-refractivity contribution is 6.06. The lowest BCUT2D eigenvalue weighted by Gasteiger charge is -2.33. The Bertz CT molecular complexity index is 874. The standard InChI is InChI=1S/C21H24N2O5/c1-5-8-23-18-11-15(6-7-19(18)28-13(2)21(23)25)22-20(24)14-9-16(26-3)12-17(10-14)27-4/h6-7,9-13H,5,8H2,1-4H3,(H,22,24). The zero-order chi connectivity index (χ0) is 20.3. The van der Waals surface area contributed by atoms with Crippen molar-refractivity contribution >= 4 is 23.2 Å². The van der Waals surface area contributed by atoms with Crippen LogP contribution in [0.5, 0.6) is 17.2 Å². The van der Waals surface area contributed by atoms with Gasteiger partial charge < -0.3 is 24.4 Å². The molecule has 148 valence electrons. The first kappa shape index (κ1) is 19.5. The van der Waals surface area contributed by atoms with Crippen LogP contribution in [0.3, 0.4) is 0 Å². The molecule has 0 saturated carbocycles. The van der Waals surface area contributed by atoms with Gasteiger partial charge in [-0.25, -0.2) is 0 Å². The van der Waals surface area contributed by atoms with Crippen molar-refractivity contribution in [2.45, 2.75) is 26.4 Å². The molecule has 0 saturated heterocycles. The zero-order valence-electron chi connectivity index (χ0n) is 16.4. The van der Waals surface area contributed by atoms with Crippen LogP contribution in [0.1, 0.15) is 30.6 Å².